The molecule has 11 heteroatoms. The number of hydrogen-bond donors (Lipinski definition) is 1. The van der Waals surface area contributed by atoms with Crippen molar-refractivity contribution in [3.63, 3.8) is 0 Å². The van der Waals surface area contributed by atoms with Gasteiger partial charge in [0.2, 0.25) is 5.43 Å². The number of carbonyl (C=O) groups excluding carboxylic acids is 2. The number of pyridine rings is 2. The summed E-state index contributed by atoms with van der Waals surface area (Å²) in [5.41, 5.74) is 0.880. The van der Waals surface area contributed by atoms with Crippen molar-refractivity contribution < 1.29 is 24.0 Å². The number of anilines is 1. The van der Waals surface area contributed by atoms with Crippen LogP contribution in [0, 0.1) is 24.0 Å². The Morgan fingerprint density at radius 2 is 1.97 bits per heavy atom. The van der Waals surface area contributed by atoms with E-state index in [0.29, 0.717) is 17.8 Å². The molecule has 172 valence electrons. The van der Waals surface area contributed by atoms with E-state index in [1.54, 1.807) is 30.5 Å². The second kappa shape index (κ2) is 9.47. The number of benzene rings is 1. The minimum atomic E-state index is -0.946. The number of aromatic nitrogens is 2. The minimum Gasteiger partial charge on any atom is -0.490 e. The van der Waals surface area contributed by atoms with Gasteiger partial charge >= 0.3 is 11.7 Å². The van der Waals surface area contributed by atoms with Crippen LogP contribution in [-0.4, -0.2) is 40.1 Å². The van der Waals surface area contributed by atoms with E-state index >= 15 is 0 Å². The van der Waals surface area contributed by atoms with Gasteiger partial charge in [-0.15, -0.1) is 0 Å². The summed E-state index contributed by atoms with van der Waals surface area (Å²) in [4.78, 5) is 52.5. The molecular weight excluding hydrogens is 432 g/mol. The average Bonchev–Trinajstić information content (AvgIpc) is 2.78. The third-order valence-corrected chi connectivity index (χ3v) is 4.95. The van der Waals surface area contributed by atoms with Crippen molar-refractivity contribution in [2.75, 3.05) is 19.0 Å². The van der Waals surface area contributed by atoms with Gasteiger partial charge in [-0.3, -0.25) is 19.7 Å². The fourth-order valence-electron chi connectivity index (χ4n) is 3.26. The van der Waals surface area contributed by atoms with E-state index < -0.39 is 28.8 Å². The molecule has 33 heavy (non-hydrogen) atoms. The van der Waals surface area contributed by atoms with Gasteiger partial charge in [-0.05, 0) is 38.5 Å². The van der Waals surface area contributed by atoms with Gasteiger partial charge in [0, 0.05) is 36.3 Å². The van der Waals surface area contributed by atoms with Crippen LogP contribution >= 0.6 is 0 Å². The fraction of sp³-hybridized carbons (Fsp3) is 0.273. The van der Waals surface area contributed by atoms with Crippen molar-refractivity contribution in [1.29, 1.82) is 0 Å². The van der Waals surface area contributed by atoms with Crippen LogP contribution in [0.4, 0.5) is 11.4 Å². The molecule has 0 saturated carbocycles. The Morgan fingerprint density at radius 3 is 2.61 bits per heavy atom. The van der Waals surface area contributed by atoms with E-state index in [2.05, 4.69) is 10.3 Å². The SMILES string of the molecule is CCn1cc(C(=O)OCC(=O)Nc2cc(OC)c([N+](=O)[O-])cc2C)c(=O)c2ccc(C)nc21. The highest BCUT2D eigenvalue weighted by Gasteiger charge is 2.21. The number of esters is 1. The predicted octanol–water partition coefficient (Wildman–Crippen LogP) is 2.75. The Kier molecular flexibility index (Phi) is 6.71. The first-order valence-electron chi connectivity index (χ1n) is 9.97. The second-order valence-electron chi connectivity index (χ2n) is 7.20. The summed E-state index contributed by atoms with van der Waals surface area (Å²) in [7, 11) is 1.27. The van der Waals surface area contributed by atoms with E-state index in [4.69, 9.17) is 9.47 Å². The van der Waals surface area contributed by atoms with Gasteiger partial charge in [-0.1, -0.05) is 0 Å². The zero-order valence-corrected chi connectivity index (χ0v) is 18.5. The molecule has 0 spiro atoms. The minimum absolute atomic E-state index is 0.0296. The summed E-state index contributed by atoms with van der Waals surface area (Å²) < 4.78 is 11.7. The van der Waals surface area contributed by atoms with Crippen LogP contribution in [0.5, 0.6) is 5.75 Å². The van der Waals surface area contributed by atoms with E-state index in [0.717, 1.165) is 5.69 Å². The highest BCUT2D eigenvalue weighted by Crippen LogP contribution is 2.32. The number of carbonyl (C=O) groups is 2. The van der Waals surface area contributed by atoms with Crippen molar-refractivity contribution in [2.24, 2.45) is 0 Å². The maximum atomic E-state index is 12.8. The number of fused-ring (bicyclic) bond motifs is 1. The van der Waals surface area contributed by atoms with Gasteiger partial charge in [-0.25, -0.2) is 9.78 Å². The van der Waals surface area contributed by atoms with Gasteiger partial charge in [-0.2, -0.15) is 0 Å². The van der Waals surface area contributed by atoms with Crippen LogP contribution in [0.3, 0.4) is 0 Å². The lowest BCUT2D eigenvalue weighted by Crippen LogP contribution is -2.25. The Bertz CT molecular complexity index is 1330. The van der Waals surface area contributed by atoms with Crippen molar-refractivity contribution in [1.82, 2.24) is 9.55 Å². The summed E-state index contributed by atoms with van der Waals surface area (Å²) in [6.45, 7) is 5.03. The third-order valence-electron chi connectivity index (χ3n) is 4.95. The van der Waals surface area contributed by atoms with E-state index in [1.165, 1.54) is 25.4 Å². The van der Waals surface area contributed by atoms with Gasteiger partial charge in [0.25, 0.3) is 5.91 Å². The molecule has 3 rings (SSSR count). The summed E-state index contributed by atoms with van der Waals surface area (Å²) in [5, 5.41) is 13.9. The molecule has 0 bridgehead atoms. The zero-order chi connectivity index (χ0) is 24.3. The molecule has 0 aliphatic carbocycles. The van der Waals surface area contributed by atoms with Crippen molar-refractivity contribution in [2.45, 2.75) is 27.3 Å². The van der Waals surface area contributed by atoms with Crippen LogP contribution in [0.2, 0.25) is 0 Å². The van der Waals surface area contributed by atoms with Crippen molar-refractivity contribution in [3.05, 3.63) is 67.6 Å². The van der Waals surface area contributed by atoms with Crippen LogP contribution in [-0.2, 0) is 16.1 Å². The predicted molar refractivity (Wildman–Crippen MR) is 120 cm³/mol. The van der Waals surface area contributed by atoms with Gasteiger partial charge in [0.15, 0.2) is 12.4 Å². The first-order chi connectivity index (χ1) is 15.7. The number of nitrogens with zero attached hydrogens (tertiary/aromatic N) is 3. The molecule has 0 atom stereocenters. The maximum Gasteiger partial charge on any atom is 0.344 e. The molecule has 11 nitrogen and oxygen atoms in total. The molecule has 0 radical (unpaired) electrons. The fourth-order valence-corrected chi connectivity index (χ4v) is 3.26. The smallest absolute Gasteiger partial charge is 0.344 e. The van der Waals surface area contributed by atoms with Gasteiger partial charge in [0.1, 0.15) is 11.2 Å². The van der Waals surface area contributed by atoms with Crippen LogP contribution in [0.15, 0.2) is 35.3 Å². The maximum absolute atomic E-state index is 12.8. The molecule has 1 N–H and O–H groups in total. The number of ether oxygens (including phenoxy) is 2. The summed E-state index contributed by atoms with van der Waals surface area (Å²) in [5.74, 6) is -1.66. The highest BCUT2D eigenvalue weighted by atomic mass is 16.6. The Balaban J connectivity index is 1.78. The lowest BCUT2D eigenvalue weighted by atomic mass is 10.1. The molecular formula is C22H22N4O7. The average molecular weight is 454 g/mol. The summed E-state index contributed by atoms with van der Waals surface area (Å²) in [6.07, 6.45) is 1.36. The normalized spacial score (nSPS) is 10.7. The Morgan fingerprint density at radius 1 is 1.24 bits per heavy atom. The number of nitrogens with one attached hydrogen (secondary N) is 1. The van der Waals surface area contributed by atoms with E-state index in [-0.39, 0.29) is 28.1 Å². The molecule has 1 amide bonds. The standard InChI is InChI=1S/C22H22N4O7/c1-5-25-10-15(20(28)14-7-6-13(3)23-21(14)25)22(29)33-11-19(27)24-16-9-18(32-4)17(26(30)31)8-12(16)2/h6-10H,5,11H2,1-4H3,(H,24,27). The molecule has 2 aromatic heterocycles. The van der Waals surface area contributed by atoms with Gasteiger partial charge < -0.3 is 19.4 Å². The van der Waals surface area contributed by atoms with Crippen molar-refractivity contribution >= 4 is 34.3 Å². The molecule has 2 heterocycles. The number of aryl methyl sites for hydroxylation is 3. The molecule has 0 aliphatic heterocycles. The lowest BCUT2D eigenvalue weighted by Gasteiger charge is -2.12. The van der Waals surface area contributed by atoms with Crippen LogP contribution in [0.1, 0.15) is 28.5 Å². The topological polar surface area (TPSA) is 143 Å². The number of nitro benzene ring substituents is 1. The van der Waals surface area contributed by atoms with E-state index in [9.17, 15) is 24.5 Å². The Hall–Kier alpha value is -4.28. The summed E-state index contributed by atoms with van der Waals surface area (Å²) >= 11 is 0. The number of amides is 1. The molecule has 0 aliphatic rings. The van der Waals surface area contributed by atoms with E-state index in [1.807, 2.05) is 6.92 Å². The molecule has 0 saturated heterocycles. The molecule has 3 aromatic rings. The quantitative estimate of drug-likeness (QED) is 0.326. The number of hydrogen-bond acceptors (Lipinski definition) is 8. The molecule has 0 fully saturated rings. The number of nitro groups is 1. The molecule has 1 aromatic carbocycles. The highest BCUT2D eigenvalue weighted by molar-refractivity contribution is 5.97. The zero-order valence-electron chi connectivity index (χ0n) is 18.5. The van der Waals surface area contributed by atoms with Gasteiger partial charge in [0.05, 0.1) is 17.4 Å². The first kappa shape index (κ1) is 23.4. The second-order valence-corrected chi connectivity index (χ2v) is 7.20. The first-order valence-corrected chi connectivity index (χ1v) is 9.97. The summed E-state index contributed by atoms with van der Waals surface area (Å²) in [6, 6.07) is 5.84. The van der Waals surface area contributed by atoms with Crippen molar-refractivity contribution in [3.8, 4) is 5.75 Å². The monoisotopic (exact) mass is 454 g/mol. The lowest BCUT2D eigenvalue weighted by molar-refractivity contribution is -0.385. The number of methoxy groups -OCH3 is 1. The van der Waals surface area contributed by atoms with Crippen LogP contribution in [0.25, 0.3) is 11.0 Å². The molecule has 0 unspecified atom stereocenters. The number of rotatable bonds is 7. The Labute approximate surface area is 188 Å². The largest absolute Gasteiger partial charge is 0.490 e. The van der Waals surface area contributed by atoms with Crippen LogP contribution < -0.4 is 15.5 Å². The third kappa shape index (κ3) is 4.81.